The molecule has 1 saturated carbocycles. The number of imide groups is 2. The highest BCUT2D eigenvalue weighted by Gasteiger charge is 2.77. The molecule has 3 aliphatic heterocycles. The minimum absolute atomic E-state index is 0.0493. The topological polar surface area (TPSA) is 130 Å². The number of phenolic OH excluding ortho intramolecular Hbond substituents is 1. The van der Waals surface area contributed by atoms with E-state index in [1.165, 1.54) is 24.5 Å². The van der Waals surface area contributed by atoms with Crippen molar-refractivity contribution in [1.82, 2.24) is 4.98 Å². The molecule has 6 atom stereocenters. The van der Waals surface area contributed by atoms with Crippen LogP contribution in [0.5, 0.6) is 11.5 Å². The minimum atomic E-state index is -2.71. The summed E-state index contributed by atoms with van der Waals surface area (Å²) in [6.45, 7) is 0. The number of alkyl halides is 2. The summed E-state index contributed by atoms with van der Waals surface area (Å²) in [5.41, 5.74) is 0.915. The zero-order valence-corrected chi connectivity index (χ0v) is 31.3. The Kier molecular flexibility index (Phi) is 8.02. The van der Waals surface area contributed by atoms with E-state index >= 15 is 8.78 Å². The van der Waals surface area contributed by atoms with Crippen molar-refractivity contribution in [3.63, 3.8) is 0 Å². The number of nitrogens with zero attached hydrogens (tertiary/aromatic N) is 3. The lowest BCUT2D eigenvalue weighted by Crippen LogP contribution is -2.61. The van der Waals surface area contributed by atoms with Gasteiger partial charge in [-0.15, -0.1) is 23.2 Å². The van der Waals surface area contributed by atoms with Crippen LogP contribution in [0, 0.1) is 52.8 Å². The Morgan fingerprint density at radius 2 is 1.49 bits per heavy atom. The Morgan fingerprint density at radius 1 is 0.797 bits per heavy atom. The minimum Gasteiger partial charge on any atom is -0.508 e. The maximum absolute atomic E-state index is 15.4. The van der Waals surface area contributed by atoms with Crippen molar-refractivity contribution in [2.24, 2.45) is 23.7 Å². The van der Waals surface area contributed by atoms with Gasteiger partial charge in [0.25, 0.3) is 11.8 Å². The Labute approximate surface area is 339 Å². The van der Waals surface area contributed by atoms with E-state index in [0.29, 0.717) is 33.9 Å². The predicted octanol–water partition coefficient (Wildman–Crippen LogP) is 8.02. The Morgan fingerprint density at radius 3 is 2.20 bits per heavy atom. The number of carbonyl (C=O) groups excluding carboxylic acids is 4. The standard InChI is InChI=1S/C42H24Cl2F5N3O7/c43-41-15-24-22(10-11-23-28(24)38(55)51(37(23)54)20-7-5-17(6-8-20)36-50-25-3-1-2-4-27(25)59-36)29(19-13-18-14-21(53)9-12-26(18)58-16-19)42(41,44)40(57)52(39(41)56)35-33(48)31(46)30(45)32(47)34(35)49/h1-10,12,14,16,23-24,28-29,53H,11,13,15H2. The summed E-state index contributed by atoms with van der Waals surface area (Å²) in [7, 11) is 0. The summed E-state index contributed by atoms with van der Waals surface area (Å²) in [5.74, 6) is -21.1. The van der Waals surface area contributed by atoms with Crippen LogP contribution >= 0.6 is 23.2 Å². The molecular weight excluding hydrogens is 824 g/mol. The molecule has 6 unspecified atom stereocenters. The molecule has 2 aliphatic carbocycles. The van der Waals surface area contributed by atoms with Crippen molar-refractivity contribution >= 4 is 69.3 Å². The molecule has 10 nitrogen and oxygen atoms in total. The number of para-hydroxylation sites is 2. The number of aromatic hydroxyl groups is 1. The lowest BCUT2D eigenvalue weighted by atomic mass is 9.56. The van der Waals surface area contributed by atoms with Crippen molar-refractivity contribution in [1.29, 1.82) is 0 Å². The second-order valence-corrected chi connectivity index (χ2v) is 16.3. The Bertz CT molecular complexity index is 2770. The lowest BCUT2D eigenvalue weighted by Gasteiger charge is -2.51. The molecule has 2 saturated heterocycles. The van der Waals surface area contributed by atoms with Gasteiger partial charge in [0.2, 0.25) is 23.5 Å². The summed E-state index contributed by atoms with van der Waals surface area (Å²) in [6.07, 6.45) is 2.02. The van der Waals surface area contributed by atoms with Crippen LogP contribution in [0.25, 0.3) is 22.6 Å². The molecular formula is C42H24Cl2F5N3O7. The number of anilines is 2. The van der Waals surface area contributed by atoms with Crippen LogP contribution < -0.4 is 14.5 Å². The number of benzene rings is 4. The van der Waals surface area contributed by atoms with E-state index in [-0.39, 0.29) is 40.3 Å². The van der Waals surface area contributed by atoms with E-state index in [9.17, 15) is 37.5 Å². The number of oxazole rings is 1. The van der Waals surface area contributed by atoms with Crippen molar-refractivity contribution in [3.8, 4) is 23.0 Å². The van der Waals surface area contributed by atoms with Crippen LogP contribution in [0.1, 0.15) is 18.4 Å². The quantitative estimate of drug-likeness (QED) is 0.0481. The molecule has 5 aromatic rings. The van der Waals surface area contributed by atoms with Crippen molar-refractivity contribution in [2.75, 3.05) is 9.80 Å². The van der Waals surface area contributed by atoms with Crippen molar-refractivity contribution in [3.05, 3.63) is 125 Å². The molecule has 298 valence electrons. The molecule has 3 fully saturated rings. The van der Waals surface area contributed by atoms with Crippen molar-refractivity contribution < 1.29 is 55.4 Å². The molecule has 0 bridgehead atoms. The molecule has 4 heterocycles. The average molecular weight is 849 g/mol. The molecule has 0 spiro atoms. The largest absolute Gasteiger partial charge is 0.508 e. The van der Waals surface area contributed by atoms with E-state index in [1.54, 1.807) is 48.5 Å². The SMILES string of the molecule is O=C1C2CC=C3C(CC4(Cl)C(=O)N(c5c(F)c(F)c(F)c(F)c5F)C(=O)C4(Cl)C3C3=COc4ccc(O)cc4C3)C2C(=O)N1c1ccc(-c2nc3ccccc3o2)cc1. The molecule has 10 rings (SSSR count). The number of allylic oxidation sites excluding steroid dienone is 3. The molecule has 1 aromatic heterocycles. The normalized spacial score (nSPS) is 27.3. The maximum atomic E-state index is 15.4. The number of carbonyl (C=O) groups is 4. The fourth-order valence-corrected chi connectivity index (χ4v) is 10.3. The van der Waals surface area contributed by atoms with Crippen molar-refractivity contribution in [2.45, 2.75) is 29.0 Å². The van der Waals surface area contributed by atoms with Gasteiger partial charge in [0.1, 0.15) is 22.7 Å². The van der Waals surface area contributed by atoms with Gasteiger partial charge in [-0.1, -0.05) is 23.8 Å². The van der Waals surface area contributed by atoms with E-state index < -0.39 is 98.2 Å². The van der Waals surface area contributed by atoms with E-state index in [2.05, 4.69) is 4.98 Å². The van der Waals surface area contributed by atoms with Gasteiger partial charge in [-0.2, -0.15) is 0 Å². The number of fused-ring (bicyclic) bond motifs is 6. The van der Waals surface area contributed by atoms with Gasteiger partial charge < -0.3 is 14.3 Å². The zero-order chi connectivity index (χ0) is 41.4. The van der Waals surface area contributed by atoms with Crippen LogP contribution in [-0.2, 0) is 25.6 Å². The van der Waals surface area contributed by atoms with Gasteiger partial charge >= 0.3 is 0 Å². The number of aromatic nitrogens is 1. The number of phenols is 1. The molecule has 4 aromatic carbocycles. The number of halogens is 7. The van der Waals surface area contributed by atoms with E-state index in [4.69, 9.17) is 32.4 Å². The van der Waals surface area contributed by atoms with E-state index in [1.807, 2.05) is 6.07 Å². The molecule has 1 N–H and O–H groups in total. The highest BCUT2D eigenvalue weighted by Crippen LogP contribution is 2.65. The summed E-state index contributed by atoms with van der Waals surface area (Å²) in [6, 6.07) is 17.7. The first-order valence-corrected chi connectivity index (χ1v) is 18.9. The van der Waals surface area contributed by atoms with Crippen LogP contribution in [0.2, 0.25) is 0 Å². The summed E-state index contributed by atoms with van der Waals surface area (Å²) in [4.78, 5) is 57.7. The fraction of sp³-hybridized carbons (Fsp3) is 0.214. The number of hydrogen-bond donors (Lipinski definition) is 1. The van der Waals surface area contributed by atoms with E-state index in [0.717, 1.165) is 4.90 Å². The predicted molar refractivity (Wildman–Crippen MR) is 200 cm³/mol. The van der Waals surface area contributed by atoms with Gasteiger partial charge in [-0.3, -0.25) is 24.1 Å². The summed E-state index contributed by atoms with van der Waals surface area (Å²) in [5, 5.41) is 10.3. The van der Waals surface area contributed by atoms with Gasteiger partial charge in [0.15, 0.2) is 38.6 Å². The second kappa shape index (κ2) is 12.7. The molecule has 17 heteroatoms. The maximum Gasteiger partial charge on any atom is 0.258 e. The number of ether oxygens (including phenoxy) is 1. The molecule has 59 heavy (non-hydrogen) atoms. The number of amides is 4. The Balaban J connectivity index is 1.07. The van der Waals surface area contributed by atoms with Gasteiger partial charge in [-0.25, -0.2) is 31.8 Å². The zero-order valence-electron chi connectivity index (χ0n) is 29.8. The monoisotopic (exact) mass is 847 g/mol. The number of rotatable bonds is 4. The lowest BCUT2D eigenvalue weighted by molar-refractivity contribution is -0.125. The third-order valence-electron chi connectivity index (χ3n) is 12.0. The van der Waals surface area contributed by atoms with Crippen LogP contribution in [-0.4, -0.2) is 43.5 Å². The first-order chi connectivity index (χ1) is 28.1. The Hall–Kier alpha value is -6.06. The summed E-state index contributed by atoms with van der Waals surface area (Å²) < 4.78 is 85.9. The van der Waals surface area contributed by atoms with Gasteiger partial charge in [0, 0.05) is 23.5 Å². The average Bonchev–Trinajstić information content (AvgIpc) is 3.82. The smallest absolute Gasteiger partial charge is 0.258 e. The second-order valence-electron chi connectivity index (χ2n) is 15.0. The van der Waals surface area contributed by atoms with Gasteiger partial charge in [-0.05, 0) is 78.9 Å². The highest BCUT2D eigenvalue weighted by atomic mass is 35.5. The van der Waals surface area contributed by atoms with Gasteiger partial charge in [0.05, 0.1) is 23.8 Å². The fourth-order valence-electron chi connectivity index (χ4n) is 9.38. The first-order valence-electron chi connectivity index (χ1n) is 18.1. The third kappa shape index (κ3) is 4.94. The van der Waals surface area contributed by atoms with Crippen LogP contribution in [0.15, 0.2) is 94.6 Å². The summed E-state index contributed by atoms with van der Waals surface area (Å²) >= 11 is 14.5. The molecule has 0 radical (unpaired) electrons. The first kappa shape index (κ1) is 37.2. The molecule has 4 amide bonds. The highest BCUT2D eigenvalue weighted by molar-refractivity contribution is 6.58. The van der Waals surface area contributed by atoms with Crippen LogP contribution in [0.4, 0.5) is 33.3 Å². The third-order valence-corrected chi connectivity index (χ3v) is 13.4. The number of hydrogen-bond acceptors (Lipinski definition) is 8. The molecule has 5 aliphatic rings. The van der Waals surface area contributed by atoms with Crippen LogP contribution in [0.3, 0.4) is 0 Å².